The van der Waals surface area contributed by atoms with E-state index in [2.05, 4.69) is 44.3 Å². The topological polar surface area (TPSA) is 75.3 Å². The summed E-state index contributed by atoms with van der Waals surface area (Å²) >= 11 is 0. The van der Waals surface area contributed by atoms with Crippen LogP contribution in [0.1, 0.15) is 37.6 Å². The van der Waals surface area contributed by atoms with Gasteiger partial charge < -0.3 is 14.5 Å². The molecule has 1 fully saturated rings. The van der Waals surface area contributed by atoms with E-state index in [0.29, 0.717) is 12.4 Å². The molecule has 6 heteroatoms. The second-order valence-electron chi connectivity index (χ2n) is 7.78. The maximum absolute atomic E-state index is 10.3. The highest BCUT2D eigenvalue weighted by Gasteiger charge is 2.29. The van der Waals surface area contributed by atoms with E-state index in [9.17, 15) is 5.11 Å². The van der Waals surface area contributed by atoms with Crippen LogP contribution >= 0.6 is 0 Å². The van der Waals surface area contributed by atoms with Crippen LogP contribution in [0, 0.1) is 0 Å². The van der Waals surface area contributed by atoms with E-state index in [4.69, 9.17) is 4.52 Å². The van der Waals surface area contributed by atoms with Gasteiger partial charge in [-0.05, 0) is 50.3 Å². The van der Waals surface area contributed by atoms with Gasteiger partial charge in [-0.3, -0.25) is 0 Å². The average Bonchev–Trinajstić information content (AvgIpc) is 3.17. The highest BCUT2D eigenvalue weighted by atomic mass is 16.5. The van der Waals surface area contributed by atoms with Crippen LogP contribution in [0.25, 0.3) is 11.5 Å². The summed E-state index contributed by atoms with van der Waals surface area (Å²) in [6, 6.07) is 14.3. The highest BCUT2D eigenvalue weighted by molar-refractivity contribution is 5.54. The van der Waals surface area contributed by atoms with Gasteiger partial charge in [0.25, 0.3) is 5.89 Å². The molecule has 0 spiro atoms. The summed E-state index contributed by atoms with van der Waals surface area (Å²) in [5.41, 5.74) is 1.48. The van der Waals surface area contributed by atoms with Gasteiger partial charge in [-0.1, -0.05) is 35.5 Å². The number of aliphatic hydroxyl groups is 1. The first-order chi connectivity index (χ1) is 13.6. The molecule has 0 radical (unpaired) electrons. The maximum Gasteiger partial charge on any atom is 0.259 e. The first-order valence-corrected chi connectivity index (χ1v) is 9.89. The van der Waals surface area contributed by atoms with Gasteiger partial charge in [0, 0.05) is 25.7 Å². The van der Waals surface area contributed by atoms with Crippen molar-refractivity contribution in [2.45, 2.75) is 44.6 Å². The lowest BCUT2D eigenvalue weighted by Crippen LogP contribution is -2.46. The van der Waals surface area contributed by atoms with Crippen molar-refractivity contribution in [3.05, 3.63) is 60.0 Å². The maximum atomic E-state index is 10.3. The molecule has 146 valence electrons. The summed E-state index contributed by atoms with van der Waals surface area (Å²) in [5, 5.41) is 14.4. The lowest BCUT2D eigenvalue weighted by atomic mass is 9.95. The molecule has 0 bridgehead atoms. The second kappa shape index (κ2) is 8.10. The number of piperidine rings is 1. The molecule has 3 aromatic rings. The number of benzene rings is 1. The van der Waals surface area contributed by atoms with Crippen LogP contribution in [-0.4, -0.2) is 38.9 Å². The highest BCUT2D eigenvalue weighted by Crippen LogP contribution is 2.26. The summed E-state index contributed by atoms with van der Waals surface area (Å²) < 4.78 is 5.42. The van der Waals surface area contributed by atoms with E-state index in [-0.39, 0.29) is 0 Å². The SMILES string of the molecule is C[C@@]1(O)CCCN(c2ccc(-c3nc(CCCc4ccccc4)no3)cn2)C1. The molecule has 1 aliphatic heterocycles. The molecule has 28 heavy (non-hydrogen) atoms. The summed E-state index contributed by atoms with van der Waals surface area (Å²) in [4.78, 5) is 11.2. The van der Waals surface area contributed by atoms with Crippen molar-refractivity contribution in [1.29, 1.82) is 0 Å². The van der Waals surface area contributed by atoms with Crippen molar-refractivity contribution in [2.24, 2.45) is 0 Å². The Morgan fingerprint density at radius 1 is 1.14 bits per heavy atom. The number of pyridine rings is 1. The molecule has 3 heterocycles. The van der Waals surface area contributed by atoms with Crippen molar-refractivity contribution >= 4 is 5.82 Å². The first kappa shape index (κ1) is 18.6. The van der Waals surface area contributed by atoms with Gasteiger partial charge in [-0.25, -0.2) is 4.98 Å². The Balaban J connectivity index is 1.36. The number of hydrogen-bond acceptors (Lipinski definition) is 6. The van der Waals surface area contributed by atoms with Crippen LogP contribution in [0.2, 0.25) is 0 Å². The summed E-state index contributed by atoms with van der Waals surface area (Å²) in [6.07, 6.45) is 6.32. The number of aryl methyl sites for hydroxylation is 2. The molecule has 1 aliphatic rings. The van der Waals surface area contributed by atoms with Crippen LogP contribution in [0.4, 0.5) is 5.82 Å². The van der Waals surface area contributed by atoms with Gasteiger partial charge >= 0.3 is 0 Å². The Labute approximate surface area is 165 Å². The molecular formula is C22H26N4O2. The normalized spacial score (nSPS) is 19.7. The average molecular weight is 378 g/mol. The molecule has 0 saturated carbocycles. The van der Waals surface area contributed by atoms with E-state index < -0.39 is 5.60 Å². The molecule has 0 amide bonds. The number of aromatic nitrogens is 3. The third-order valence-electron chi connectivity index (χ3n) is 5.17. The van der Waals surface area contributed by atoms with E-state index >= 15 is 0 Å². The molecule has 2 aromatic heterocycles. The van der Waals surface area contributed by atoms with Gasteiger partial charge in [0.15, 0.2) is 5.82 Å². The number of anilines is 1. The fourth-order valence-electron chi connectivity index (χ4n) is 3.68. The minimum atomic E-state index is -0.653. The minimum Gasteiger partial charge on any atom is -0.388 e. The Morgan fingerprint density at radius 3 is 2.75 bits per heavy atom. The van der Waals surface area contributed by atoms with Crippen LogP contribution in [0.15, 0.2) is 53.2 Å². The quantitative estimate of drug-likeness (QED) is 0.705. The molecule has 4 rings (SSSR count). The van der Waals surface area contributed by atoms with Crippen molar-refractivity contribution in [3.63, 3.8) is 0 Å². The lowest BCUT2D eigenvalue weighted by molar-refractivity contribution is 0.0447. The van der Waals surface area contributed by atoms with Crippen LogP contribution in [0.3, 0.4) is 0 Å². The number of hydrogen-bond donors (Lipinski definition) is 1. The predicted molar refractivity (Wildman–Crippen MR) is 108 cm³/mol. The van der Waals surface area contributed by atoms with Crippen molar-refractivity contribution in [1.82, 2.24) is 15.1 Å². The second-order valence-corrected chi connectivity index (χ2v) is 7.78. The fraction of sp³-hybridized carbons (Fsp3) is 0.409. The molecule has 0 unspecified atom stereocenters. The Morgan fingerprint density at radius 2 is 2.00 bits per heavy atom. The summed E-state index contributed by atoms with van der Waals surface area (Å²) in [7, 11) is 0. The number of rotatable bonds is 6. The largest absolute Gasteiger partial charge is 0.388 e. The van der Waals surface area contributed by atoms with Gasteiger partial charge in [0.1, 0.15) is 5.82 Å². The monoisotopic (exact) mass is 378 g/mol. The molecule has 1 N–H and O–H groups in total. The Bertz CT molecular complexity index is 890. The van der Waals surface area contributed by atoms with Crippen LogP contribution in [-0.2, 0) is 12.8 Å². The van der Waals surface area contributed by atoms with Gasteiger partial charge in [-0.15, -0.1) is 0 Å². The van der Waals surface area contributed by atoms with Crippen molar-refractivity contribution in [3.8, 4) is 11.5 Å². The number of β-amino-alcohol motifs (C(OH)–C–C–N with tert-alkyl or cyclic N) is 1. The van der Waals surface area contributed by atoms with Gasteiger partial charge in [-0.2, -0.15) is 4.98 Å². The third kappa shape index (κ3) is 4.57. The summed E-state index contributed by atoms with van der Waals surface area (Å²) in [6.45, 7) is 3.39. The smallest absolute Gasteiger partial charge is 0.259 e. The van der Waals surface area contributed by atoms with Crippen molar-refractivity contribution in [2.75, 3.05) is 18.0 Å². The zero-order valence-corrected chi connectivity index (χ0v) is 16.2. The standard InChI is InChI=1S/C22H26N4O2/c1-22(27)13-6-14-26(16-22)20-12-11-18(15-23-20)21-24-19(25-28-21)10-5-9-17-7-3-2-4-8-17/h2-4,7-8,11-12,15,27H,5-6,9-10,13-14,16H2,1H3/t22-/m1/s1. The van der Waals surface area contributed by atoms with Crippen LogP contribution in [0.5, 0.6) is 0 Å². The first-order valence-electron chi connectivity index (χ1n) is 9.89. The Kier molecular flexibility index (Phi) is 5.39. The molecular weight excluding hydrogens is 352 g/mol. The van der Waals surface area contributed by atoms with Gasteiger partial charge in [0.2, 0.25) is 0 Å². The predicted octanol–water partition coefficient (Wildman–Crippen LogP) is 3.66. The Hall–Kier alpha value is -2.73. The van der Waals surface area contributed by atoms with Gasteiger partial charge in [0.05, 0.1) is 11.2 Å². The van der Waals surface area contributed by atoms with Crippen molar-refractivity contribution < 1.29 is 9.63 Å². The molecule has 6 nitrogen and oxygen atoms in total. The zero-order chi connectivity index (χ0) is 19.4. The zero-order valence-electron chi connectivity index (χ0n) is 16.2. The van der Waals surface area contributed by atoms with E-state index in [1.165, 1.54) is 5.56 Å². The molecule has 1 saturated heterocycles. The lowest BCUT2D eigenvalue weighted by Gasteiger charge is -2.37. The minimum absolute atomic E-state index is 0.499. The summed E-state index contributed by atoms with van der Waals surface area (Å²) in [5.74, 6) is 2.09. The fourth-order valence-corrected chi connectivity index (χ4v) is 3.68. The van der Waals surface area contributed by atoms with E-state index in [1.807, 2.05) is 25.1 Å². The van der Waals surface area contributed by atoms with E-state index in [0.717, 1.165) is 55.9 Å². The van der Waals surface area contributed by atoms with Crippen LogP contribution < -0.4 is 4.90 Å². The third-order valence-corrected chi connectivity index (χ3v) is 5.17. The van der Waals surface area contributed by atoms with E-state index in [1.54, 1.807) is 6.20 Å². The number of nitrogens with zero attached hydrogens (tertiary/aromatic N) is 4. The molecule has 1 aromatic carbocycles. The molecule has 0 aliphatic carbocycles. The molecule has 1 atom stereocenters.